The van der Waals surface area contributed by atoms with Gasteiger partial charge in [0.2, 0.25) is 0 Å². The molecular formula is C34H33FN8O2. The smallest absolute Gasteiger partial charge is 0.278 e. The van der Waals surface area contributed by atoms with Crippen LogP contribution in [0.15, 0.2) is 57.6 Å². The van der Waals surface area contributed by atoms with Crippen molar-refractivity contribution < 1.29 is 13.4 Å². The summed E-state index contributed by atoms with van der Waals surface area (Å²) in [5, 5.41) is 17.9. The Morgan fingerprint density at radius 1 is 0.733 bits per heavy atom. The van der Waals surface area contributed by atoms with Crippen molar-refractivity contribution >= 4 is 0 Å². The van der Waals surface area contributed by atoms with Gasteiger partial charge in [0.15, 0.2) is 23.0 Å². The Kier molecular flexibility index (Phi) is 5.85. The van der Waals surface area contributed by atoms with Crippen molar-refractivity contribution in [3.8, 4) is 23.2 Å². The van der Waals surface area contributed by atoms with Crippen LogP contribution in [0.1, 0.15) is 76.0 Å². The Labute approximate surface area is 259 Å². The second-order valence-corrected chi connectivity index (χ2v) is 12.8. The lowest BCUT2D eigenvalue weighted by Crippen LogP contribution is -2.17. The maximum atomic E-state index is 14.7. The summed E-state index contributed by atoms with van der Waals surface area (Å²) in [5.41, 5.74) is 7.76. The largest absolute Gasteiger partial charge is 0.332 e. The molecule has 2 saturated carbocycles. The number of rotatable bonds is 7. The van der Waals surface area contributed by atoms with Gasteiger partial charge in [-0.1, -0.05) is 34.6 Å². The van der Waals surface area contributed by atoms with Crippen molar-refractivity contribution in [3.63, 3.8) is 0 Å². The molecule has 0 spiro atoms. The normalized spacial score (nSPS) is 20.1. The third kappa shape index (κ3) is 4.20. The summed E-state index contributed by atoms with van der Waals surface area (Å²) in [6, 6.07) is 15.4. The molecule has 2 aromatic carbocycles. The molecule has 6 aromatic rings. The number of aryl methyl sites for hydroxylation is 6. The Morgan fingerprint density at radius 2 is 1.36 bits per heavy atom. The van der Waals surface area contributed by atoms with Crippen molar-refractivity contribution in [1.29, 1.82) is 0 Å². The van der Waals surface area contributed by atoms with Crippen molar-refractivity contribution in [1.82, 2.24) is 39.8 Å². The van der Waals surface area contributed by atoms with E-state index in [2.05, 4.69) is 45.6 Å². The molecule has 2 unspecified atom stereocenters. The van der Waals surface area contributed by atoms with Crippen LogP contribution >= 0.6 is 0 Å². The standard InChI is InChI=1S/C34H33FN8O2/c1-18-7-9-23(35)16-25(18)34(32-37-30(45-41-32)28-15-21(4)43(6)39-28)17-26(34)22-8-10-24(19(2)13-22)33(11-12-33)31-36-29(44-40-31)27-14-20(3)42(5)38-27/h7-10,13-16,26H,11-12,17H2,1-6H3. The molecule has 0 saturated heterocycles. The van der Waals surface area contributed by atoms with E-state index in [1.54, 1.807) is 15.4 Å². The monoisotopic (exact) mass is 604 g/mol. The number of aromatic nitrogens is 8. The number of nitrogens with zero attached hydrogens (tertiary/aromatic N) is 8. The molecule has 0 bridgehead atoms. The maximum absolute atomic E-state index is 14.7. The molecule has 2 fully saturated rings. The van der Waals surface area contributed by atoms with Crippen molar-refractivity contribution in [2.24, 2.45) is 14.1 Å². The van der Waals surface area contributed by atoms with Gasteiger partial charge in [0.05, 0.1) is 10.8 Å². The first-order valence-electron chi connectivity index (χ1n) is 15.2. The average molecular weight is 605 g/mol. The van der Waals surface area contributed by atoms with E-state index >= 15 is 0 Å². The van der Waals surface area contributed by atoms with E-state index in [0.717, 1.165) is 52.9 Å². The minimum absolute atomic E-state index is 0.0426. The lowest BCUT2D eigenvalue weighted by molar-refractivity contribution is 0.415. The zero-order chi connectivity index (χ0) is 31.2. The van der Waals surface area contributed by atoms with Crippen LogP contribution in [0.3, 0.4) is 0 Å². The Balaban J connectivity index is 1.15. The molecule has 8 rings (SSSR count). The summed E-state index contributed by atoms with van der Waals surface area (Å²) in [6.07, 6.45) is 2.63. The Morgan fingerprint density at radius 3 is 1.93 bits per heavy atom. The molecular weight excluding hydrogens is 571 g/mol. The predicted octanol–water partition coefficient (Wildman–Crippen LogP) is 6.18. The SMILES string of the molecule is Cc1cc(C2CC2(c2noc(-c3cc(C)n(C)n3)n2)c2cc(F)ccc2C)ccc1C1(c2noc(-c3cc(C)n(C)n3)n2)CC1. The molecule has 10 nitrogen and oxygen atoms in total. The van der Waals surface area contributed by atoms with E-state index in [1.807, 2.05) is 53.1 Å². The van der Waals surface area contributed by atoms with Crippen LogP contribution in [-0.4, -0.2) is 39.8 Å². The van der Waals surface area contributed by atoms with Gasteiger partial charge in [0.1, 0.15) is 5.82 Å². The van der Waals surface area contributed by atoms with Crippen LogP contribution in [-0.2, 0) is 24.9 Å². The molecule has 4 heterocycles. The third-order valence-electron chi connectivity index (χ3n) is 9.90. The highest BCUT2D eigenvalue weighted by Gasteiger charge is 2.61. The molecule has 0 aliphatic heterocycles. The molecule has 0 N–H and O–H groups in total. The first-order valence-corrected chi connectivity index (χ1v) is 15.2. The Bertz CT molecular complexity index is 2080. The van der Waals surface area contributed by atoms with Crippen LogP contribution in [0.4, 0.5) is 4.39 Å². The molecule has 2 aliphatic rings. The van der Waals surface area contributed by atoms with Crippen molar-refractivity contribution in [2.75, 3.05) is 0 Å². The number of hydrogen-bond donors (Lipinski definition) is 0. The van der Waals surface area contributed by atoms with Gasteiger partial charge in [0.25, 0.3) is 11.8 Å². The van der Waals surface area contributed by atoms with Crippen molar-refractivity contribution in [2.45, 2.75) is 63.7 Å². The fourth-order valence-electron chi connectivity index (χ4n) is 6.95. The minimum Gasteiger partial charge on any atom is -0.332 e. The molecule has 2 atom stereocenters. The van der Waals surface area contributed by atoms with Crippen LogP contribution in [0.25, 0.3) is 23.2 Å². The first kappa shape index (κ1) is 27.6. The van der Waals surface area contributed by atoms with E-state index in [-0.39, 0.29) is 17.2 Å². The molecule has 11 heteroatoms. The van der Waals surface area contributed by atoms with Gasteiger partial charge in [-0.3, -0.25) is 9.36 Å². The number of benzene rings is 2. The second kappa shape index (κ2) is 9.53. The van der Waals surface area contributed by atoms with Crippen LogP contribution in [0, 0.1) is 33.5 Å². The topological polar surface area (TPSA) is 113 Å². The van der Waals surface area contributed by atoms with Gasteiger partial charge < -0.3 is 9.05 Å². The van der Waals surface area contributed by atoms with Gasteiger partial charge in [0, 0.05) is 31.4 Å². The van der Waals surface area contributed by atoms with Crippen molar-refractivity contribution in [3.05, 3.63) is 105 Å². The fraction of sp³-hybridized carbons (Fsp3) is 0.353. The zero-order valence-corrected chi connectivity index (χ0v) is 26.1. The average Bonchev–Trinajstić information content (AvgIpc) is 3.67. The number of hydrogen-bond acceptors (Lipinski definition) is 8. The predicted molar refractivity (Wildman–Crippen MR) is 163 cm³/mol. The quantitative estimate of drug-likeness (QED) is 0.212. The first-order chi connectivity index (χ1) is 21.6. The summed E-state index contributed by atoms with van der Waals surface area (Å²) in [5.74, 6) is 1.78. The molecule has 45 heavy (non-hydrogen) atoms. The lowest BCUT2D eigenvalue weighted by atomic mass is 9.85. The zero-order valence-electron chi connectivity index (χ0n) is 26.1. The third-order valence-corrected chi connectivity index (χ3v) is 9.90. The fourth-order valence-corrected chi connectivity index (χ4v) is 6.95. The molecule has 228 valence electrons. The lowest BCUT2D eigenvalue weighted by Gasteiger charge is -2.19. The van der Waals surface area contributed by atoms with E-state index in [4.69, 9.17) is 19.0 Å². The second-order valence-electron chi connectivity index (χ2n) is 12.8. The van der Waals surface area contributed by atoms with Gasteiger partial charge in [-0.2, -0.15) is 20.2 Å². The van der Waals surface area contributed by atoms with Gasteiger partial charge in [-0.15, -0.1) is 0 Å². The molecule has 4 aromatic heterocycles. The minimum atomic E-state index is -0.619. The van der Waals surface area contributed by atoms with Crippen LogP contribution in [0.5, 0.6) is 0 Å². The van der Waals surface area contributed by atoms with Gasteiger partial charge in [-0.05, 0) is 99.0 Å². The molecule has 0 amide bonds. The summed E-state index contributed by atoms with van der Waals surface area (Å²) in [4.78, 5) is 9.63. The summed E-state index contributed by atoms with van der Waals surface area (Å²) in [6.45, 7) is 8.10. The highest BCUT2D eigenvalue weighted by atomic mass is 19.1. The van der Waals surface area contributed by atoms with E-state index < -0.39 is 5.41 Å². The highest BCUT2D eigenvalue weighted by Crippen LogP contribution is 2.65. The van der Waals surface area contributed by atoms with Gasteiger partial charge >= 0.3 is 0 Å². The Hall–Kier alpha value is -4.93. The maximum Gasteiger partial charge on any atom is 0.278 e. The summed E-state index contributed by atoms with van der Waals surface area (Å²) in [7, 11) is 3.77. The molecule has 0 radical (unpaired) electrons. The molecule has 2 aliphatic carbocycles. The highest BCUT2D eigenvalue weighted by molar-refractivity contribution is 5.56. The number of halogens is 1. The van der Waals surface area contributed by atoms with Crippen LogP contribution < -0.4 is 0 Å². The summed E-state index contributed by atoms with van der Waals surface area (Å²) < 4.78 is 29.7. The van der Waals surface area contributed by atoms with E-state index in [1.165, 1.54) is 11.6 Å². The van der Waals surface area contributed by atoms with E-state index in [0.29, 0.717) is 34.8 Å². The summed E-state index contributed by atoms with van der Waals surface area (Å²) >= 11 is 0. The van der Waals surface area contributed by atoms with E-state index in [9.17, 15) is 4.39 Å². The van der Waals surface area contributed by atoms with Gasteiger partial charge in [-0.25, -0.2) is 4.39 Å². The van der Waals surface area contributed by atoms with Crippen LogP contribution in [0.2, 0.25) is 0 Å².